The van der Waals surface area contributed by atoms with Gasteiger partial charge in [0, 0.05) is 17.8 Å². The van der Waals surface area contributed by atoms with Crippen molar-refractivity contribution in [3.8, 4) is 5.88 Å². The Morgan fingerprint density at radius 2 is 2.19 bits per heavy atom. The number of hydrogen-bond acceptors (Lipinski definition) is 3. The van der Waals surface area contributed by atoms with Crippen molar-refractivity contribution < 1.29 is 17.9 Å². The standard InChI is InChI=1S/C9H9F3N2OS/c10-9(11,12)2-4-15-7-5-6(8(13)16)1-3-14-7/h1,3,5H,2,4H2,(H2,13,16). The molecule has 0 aliphatic heterocycles. The summed E-state index contributed by atoms with van der Waals surface area (Å²) in [5.41, 5.74) is 5.86. The van der Waals surface area contributed by atoms with Gasteiger partial charge in [-0.1, -0.05) is 12.2 Å². The van der Waals surface area contributed by atoms with E-state index in [0.717, 1.165) is 0 Å². The molecule has 3 nitrogen and oxygen atoms in total. The second-order valence-electron chi connectivity index (χ2n) is 2.96. The lowest BCUT2D eigenvalue weighted by atomic mass is 10.3. The molecule has 0 saturated carbocycles. The zero-order chi connectivity index (χ0) is 12.2. The Morgan fingerprint density at radius 3 is 2.75 bits per heavy atom. The highest BCUT2D eigenvalue weighted by Gasteiger charge is 2.26. The third kappa shape index (κ3) is 4.43. The lowest BCUT2D eigenvalue weighted by molar-refractivity contribution is -0.139. The number of nitrogens with zero attached hydrogens (tertiary/aromatic N) is 1. The highest BCUT2D eigenvalue weighted by atomic mass is 32.1. The molecule has 0 radical (unpaired) electrons. The third-order valence-corrected chi connectivity index (χ3v) is 1.89. The Morgan fingerprint density at radius 1 is 1.50 bits per heavy atom. The molecular formula is C9H9F3N2OS. The largest absolute Gasteiger partial charge is 0.477 e. The first kappa shape index (κ1) is 12.7. The van der Waals surface area contributed by atoms with Gasteiger partial charge in [-0.25, -0.2) is 4.98 Å². The van der Waals surface area contributed by atoms with Crippen molar-refractivity contribution in [2.24, 2.45) is 5.73 Å². The molecule has 88 valence electrons. The number of hydrogen-bond donors (Lipinski definition) is 1. The summed E-state index contributed by atoms with van der Waals surface area (Å²) in [6.07, 6.45) is -3.88. The maximum atomic E-state index is 11.8. The molecule has 7 heteroatoms. The number of nitrogens with two attached hydrogens (primary N) is 1. The van der Waals surface area contributed by atoms with E-state index in [1.54, 1.807) is 6.07 Å². The molecule has 1 heterocycles. The molecule has 0 unspecified atom stereocenters. The van der Waals surface area contributed by atoms with Crippen molar-refractivity contribution in [2.45, 2.75) is 12.6 Å². The number of halogens is 3. The van der Waals surface area contributed by atoms with Gasteiger partial charge in [0.1, 0.15) is 4.99 Å². The van der Waals surface area contributed by atoms with E-state index in [2.05, 4.69) is 4.98 Å². The Balaban J connectivity index is 2.55. The van der Waals surface area contributed by atoms with Gasteiger partial charge >= 0.3 is 6.18 Å². The first-order valence-corrected chi connectivity index (χ1v) is 4.75. The first-order chi connectivity index (χ1) is 7.38. The molecule has 1 aromatic heterocycles. The molecule has 0 spiro atoms. The molecule has 0 bridgehead atoms. The van der Waals surface area contributed by atoms with Crippen molar-refractivity contribution in [1.82, 2.24) is 4.98 Å². The summed E-state index contributed by atoms with van der Waals surface area (Å²) >= 11 is 4.71. The van der Waals surface area contributed by atoms with Crippen LogP contribution >= 0.6 is 12.2 Å². The van der Waals surface area contributed by atoms with Gasteiger partial charge in [0.15, 0.2) is 0 Å². The third-order valence-electron chi connectivity index (χ3n) is 1.65. The Kier molecular flexibility index (Phi) is 4.05. The lowest BCUT2D eigenvalue weighted by Gasteiger charge is -2.08. The van der Waals surface area contributed by atoms with Crippen LogP contribution in [0.4, 0.5) is 13.2 Å². The fourth-order valence-corrected chi connectivity index (χ4v) is 1.04. The molecule has 1 aromatic rings. The average molecular weight is 250 g/mol. The molecule has 0 atom stereocenters. The van der Waals surface area contributed by atoms with E-state index in [1.165, 1.54) is 12.3 Å². The number of aromatic nitrogens is 1. The Labute approximate surface area is 95.4 Å². The van der Waals surface area contributed by atoms with Gasteiger partial charge in [0.2, 0.25) is 5.88 Å². The van der Waals surface area contributed by atoms with Crippen molar-refractivity contribution in [1.29, 1.82) is 0 Å². The van der Waals surface area contributed by atoms with E-state index in [0.29, 0.717) is 5.56 Å². The van der Waals surface area contributed by atoms with E-state index in [9.17, 15) is 13.2 Å². The minimum absolute atomic E-state index is 0.0783. The van der Waals surface area contributed by atoms with E-state index >= 15 is 0 Å². The van der Waals surface area contributed by atoms with Crippen LogP contribution in [0.5, 0.6) is 5.88 Å². The van der Waals surface area contributed by atoms with E-state index in [-0.39, 0.29) is 10.9 Å². The topological polar surface area (TPSA) is 48.1 Å². The van der Waals surface area contributed by atoms with Crippen LogP contribution in [0.25, 0.3) is 0 Å². The van der Waals surface area contributed by atoms with Gasteiger partial charge in [-0.15, -0.1) is 0 Å². The molecule has 16 heavy (non-hydrogen) atoms. The molecule has 0 saturated heterocycles. The number of ether oxygens (including phenoxy) is 1. The number of thiocarbonyl (C=S) groups is 1. The highest BCUT2D eigenvalue weighted by molar-refractivity contribution is 7.80. The van der Waals surface area contributed by atoms with Crippen LogP contribution in [0.3, 0.4) is 0 Å². The number of pyridine rings is 1. The summed E-state index contributed by atoms with van der Waals surface area (Å²) in [4.78, 5) is 3.88. The highest BCUT2D eigenvalue weighted by Crippen LogP contribution is 2.19. The molecule has 2 N–H and O–H groups in total. The average Bonchev–Trinajstić information content (AvgIpc) is 2.16. The van der Waals surface area contributed by atoms with Crippen molar-refractivity contribution in [2.75, 3.05) is 6.61 Å². The zero-order valence-electron chi connectivity index (χ0n) is 8.12. The molecule has 1 rings (SSSR count). The number of alkyl halides is 3. The predicted molar refractivity (Wildman–Crippen MR) is 56.3 cm³/mol. The maximum Gasteiger partial charge on any atom is 0.392 e. The minimum atomic E-state index is -4.24. The lowest BCUT2D eigenvalue weighted by Crippen LogP contribution is -2.14. The smallest absolute Gasteiger partial charge is 0.392 e. The van der Waals surface area contributed by atoms with Gasteiger partial charge in [-0.3, -0.25) is 0 Å². The van der Waals surface area contributed by atoms with Crippen LogP contribution in [0.2, 0.25) is 0 Å². The quantitative estimate of drug-likeness (QED) is 0.831. The molecule has 0 aliphatic carbocycles. The van der Waals surface area contributed by atoms with E-state index < -0.39 is 19.2 Å². The van der Waals surface area contributed by atoms with E-state index in [4.69, 9.17) is 22.7 Å². The summed E-state index contributed by atoms with van der Waals surface area (Å²) in [6.45, 7) is -0.475. The van der Waals surface area contributed by atoms with Crippen molar-refractivity contribution in [3.63, 3.8) is 0 Å². The summed E-state index contributed by atoms with van der Waals surface area (Å²) in [6, 6.07) is 2.96. The summed E-state index contributed by atoms with van der Waals surface area (Å²) in [5, 5.41) is 0. The fraction of sp³-hybridized carbons (Fsp3) is 0.333. The van der Waals surface area contributed by atoms with Crippen LogP contribution in [0, 0.1) is 0 Å². The van der Waals surface area contributed by atoms with Crippen LogP contribution in [0.1, 0.15) is 12.0 Å². The summed E-state index contributed by atoms with van der Waals surface area (Å²) in [7, 11) is 0. The van der Waals surface area contributed by atoms with Gasteiger partial charge < -0.3 is 10.5 Å². The second-order valence-corrected chi connectivity index (χ2v) is 3.40. The summed E-state index contributed by atoms with van der Waals surface area (Å²) in [5.74, 6) is 0.0783. The Bertz CT molecular complexity index is 381. The van der Waals surface area contributed by atoms with Crippen LogP contribution in [0.15, 0.2) is 18.3 Å². The molecule has 0 aromatic carbocycles. The molecule has 0 aliphatic rings. The summed E-state index contributed by atoms with van der Waals surface area (Å²) < 4.78 is 40.3. The SMILES string of the molecule is NC(=S)c1ccnc(OCCC(F)(F)F)c1. The molecular weight excluding hydrogens is 241 g/mol. The first-order valence-electron chi connectivity index (χ1n) is 4.34. The number of rotatable bonds is 4. The molecule has 0 amide bonds. The fourth-order valence-electron chi connectivity index (χ4n) is 0.913. The van der Waals surface area contributed by atoms with Crippen LogP contribution in [-0.2, 0) is 0 Å². The second kappa shape index (κ2) is 5.11. The zero-order valence-corrected chi connectivity index (χ0v) is 8.94. The van der Waals surface area contributed by atoms with Gasteiger partial charge in [0.25, 0.3) is 0 Å². The predicted octanol–water partition coefficient (Wildman–Crippen LogP) is 2.05. The Hall–Kier alpha value is -1.37. The van der Waals surface area contributed by atoms with E-state index in [1.807, 2.05) is 0 Å². The van der Waals surface area contributed by atoms with Crippen LogP contribution in [-0.4, -0.2) is 22.8 Å². The normalized spacial score (nSPS) is 11.2. The van der Waals surface area contributed by atoms with Gasteiger partial charge in [-0.05, 0) is 6.07 Å². The monoisotopic (exact) mass is 250 g/mol. The van der Waals surface area contributed by atoms with Gasteiger partial charge in [-0.2, -0.15) is 13.2 Å². The van der Waals surface area contributed by atoms with Crippen LogP contribution < -0.4 is 10.5 Å². The molecule has 0 fully saturated rings. The minimum Gasteiger partial charge on any atom is -0.477 e. The van der Waals surface area contributed by atoms with Crippen molar-refractivity contribution in [3.05, 3.63) is 23.9 Å². The maximum absolute atomic E-state index is 11.8. The van der Waals surface area contributed by atoms with Gasteiger partial charge in [0.05, 0.1) is 13.0 Å². The van der Waals surface area contributed by atoms with Crippen molar-refractivity contribution >= 4 is 17.2 Å².